The standard InChI is InChI=1S/C10H8ClFN2O2S2/c1-14(10-13-4-5-17-10)18(15,16)9-6-7(12)2-3-8(9)11/h2-6H,1H3. The Hall–Kier alpha value is -1.18. The lowest BCUT2D eigenvalue weighted by molar-refractivity contribution is 0.589. The fourth-order valence-electron chi connectivity index (χ4n) is 1.30. The minimum atomic E-state index is -3.91. The van der Waals surface area contributed by atoms with Gasteiger partial charge in [-0.25, -0.2) is 22.1 Å². The van der Waals surface area contributed by atoms with Gasteiger partial charge in [0.15, 0.2) is 5.13 Å². The molecule has 0 N–H and O–H groups in total. The smallest absolute Gasteiger partial charge is 0.244 e. The summed E-state index contributed by atoms with van der Waals surface area (Å²) < 4.78 is 38.6. The van der Waals surface area contributed by atoms with Crippen LogP contribution in [0.3, 0.4) is 0 Å². The van der Waals surface area contributed by atoms with Gasteiger partial charge in [0.1, 0.15) is 10.7 Å². The van der Waals surface area contributed by atoms with Crippen LogP contribution in [0.1, 0.15) is 0 Å². The van der Waals surface area contributed by atoms with E-state index in [4.69, 9.17) is 11.6 Å². The molecule has 1 aromatic heterocycles. The highest BCUT2D eigenvalue weighted by Gasteiger charge is 2.25. The second-order valence-electron chi connectivity index (χ2n) is 3.36. The molecule has 0 bridgehead atoms. The molecule has 0 fully saturated rings. The number of rotatable bonds is 3. The molecule has 0 radical (unpaired) electrons. The van der Waals surface area contributed by atoms with E-state index < -0.39 is 15.8 Å². The third-order valence-electron chi connectivity index (χ3n) is 2.22. The zero-order valence-electron chi connectivity index (χ0n) is 9.17. The lowest BCUT2D eigenvalue weighted by atomic mass is 10.3. The van der Waals surface area contributed by atoms with Crippen LogP contribution in [0.2, 0.25) is 5.02 Å². The molecule has 96 valence electrons. The predicted molar refractivity (Wildman–Crippen MR) is 69.1 cm³/mol. The molecule has 0 spiro atoms. The molecule has 0 amide bonds. The van der Waals surface area contributed by atoms with Gasteiger partial charge in [0.05, 0.1) is 5.02 Å². The Morgan fingerprint density at radius 3 is 2.78 bits per heavy atom. The highest BCUT2D eigenvalue weighted by molar-refractivity contribution is 7.93. The molecule has 0 unspecified atom stereocenters. The average Bonchev–Trinajstić information content (AvgIpc) is 2.84. The SMILES string of the molecule is CN(c1nccs1)S(=O)(=O)c1cc(F)ccc1Cl. The van der Waals surface area contributed by atoms with Crippen molar-refractivity contribution in [2.75, 3.05) is 11.4 Å². The highest BCUT2D eigenvalue weighted by Crippen LogP contribution is 2.28. The zero-order valence-corrected chi connectivity index (χ0v) is 11.6. The summed E-state index contributed by atoms with van der Waals surface area (Å²) in [7, 11) is -2.56. The quantitative estimate of drug-likeness (QED) is 0.876. The molecule has 2 aromatic rings. The summed E-state index contributed by atoms with van der Waals surface area (Å²) in [4.78, 5) is 3.61. The van der Waals surface area contributed by atoms with Crippen molar-refractivity contribution < 1.29 is 12.8 Å². The van der Waals surface area contributed by atoms with Crippen LogP contribution in [0, 0.1) is 5.82 Å². The Balaban J connectivity index is 2.52. The molecule has 4 nitrogen and oxygen atoms in total. The number of sulfonamides is 1. The van der Waals surface area contributed by atoms with Crippen LogP contribution in [0.25, 0.3) is 0 Å². The number of benzene rings is 1. The molecule has 8 heteroatoms. The lowest BCUT2D eigenvalue weighted by Gasteiger charge is -2.17. The molecule has 18 heavy (non-hydrogen) atoms. The van der Waals surface area contributed by atoms with E-state index in [1.165, 1.54) is 19.3 Å². The van der Waals surface area contributed by atoms with Crippen molar-refractivity contribution in [3.05, 3.63) is 40.6 Å². The van der Waals surface area contributed by atoms with Gasteiger partial charge in [-0.1, -0.05) is 11.6 Å². The van der Waals surface area contributed by atoms with Crippen molar-refractivity contribution in [1.29, 1.82) is 0 Å². The van der Waals surface area contributed by atoms with Gasteiger partial charge in [-0.3, -0.25) is 0 Å². The normalized spacial score (nSPS) is 11.5. The summed E-state index contributed by atoms with van der Waals surface area (Å²) >= 11 is 6.96. The number of hydrogen-bond donors (Lipinski definition) is 0. The van der Waals surface area contributed by atoms with Crippen LogP contribution in [0.15, 0.2) is 34.7 Å². The van der Waals surface area contributed by atoms with Crippen molar-refractivity contribution in [2.24, 2.45) is 0 Å². The average molecular weight is 307 g/mol. The molecule has 0 aliphatic heterocycles. The number of nitrogens with zero attached hydrogens (tertiary/aromatic N) is 2. The van der Waals surface area contributed by atoms with Crippen LogP contribution in [-0.4, -0.2) is 20.4 Å². The largest absolute Gasteiger partial charge is 0.267 e. The summed E-state index contributed by atoms with van der Waals surface area (Å²) in [5.74, 6) is -0.662. The zero-order chi connectivity index (χ0) is 13.3. The van der Waals surface area contributed by atoms with Gasteiger partial charge in [0.2, 0.25) is 0 Å². The molecule has 1 heterocycles. The van der Waals surface area contributed by atoms with Gasteiger partial charge in [-0.05, 0) is 18.2 Å². The fraction of sp³-hybridized carbons (Fsp3) is 0.100. The first-order chi connectivity index (χ1) is 8.43. The Morgan fingerprint density at radius 2 is 2.17 bits per heavy atom. The maximum Gasteiger partial charge on any atom is 0.267 e. The second kappa shape index (κ2) is 4.83. The van der Waals surface area contributed by atoms with Gasteiger partial charge >= 0.3 is 0 Å². The van der Waals surface area contributed by atoms with Gasteiger partial charge in [-0.15, -0.1) is 11.3 Å². The molecular weight excluding hydrogens is 299 g/mol. The van der Waals surface area contributed by atoms with Crippen molar-refractivity contribution in [3.8, 4) is 0 Å². The van der Waals surface area contributed by atoms with Crippen molar-refractivity contribution >= 4 is 38.1 Å². The number of hydrogen-bond acceptors (Lipinski definition) is 4. The molecule has 0 aliphatic rings. The van der Waals surface area contributed by atoms with E-state index in [-0.39, 0.29) is 15.0 Å². The van der Waals surface area contributed by atoms with E-state index in [0.717, 1.165) is 27.8 Å². The Bertz CT molecular complexity index is 659. The second-order valence-corrected chi connectivity index (χ2v) is 6.58. The maximum absolute atomic E-state index is 13.1. The van der Waals surface area contributed by atoms with Gasteiger partial charge in [-0.2, -0.15) is 0 Å². The van der Waals surface area contributed by atoms with Gasteiger partial charge < -0.3 is 0 Å². The van der Waals surface area contributed by atoms with E-state index in [1.807, 2.05) is 0 Å². The predicted octanol–water partition coefficient (Wildman–Crippen LogP) is 2.76. The van der Waals surface area contributed by atoms with Crippen molar-refractivity contribution in [1.82, 2.24) is 4.98 Å². The number of thiazole rings is 1. The van der Waals surface area contributed by atoms with E-state index in [2.05, 4.69) is 4.98 Å². The molecule has 0 saturated heterocycles. The summed E-state index contributed by atoms with van der Waals surface area (Å²) in [5.41, 5.74) is 0. The number of halogens is 2. The van der Waals surface area contributed by atoms with Gasteiger partial charge in [0.25, 0.3) is 10.0 Å². The van der Waals surface area contributed by atoms with E-state index in [0.29, 0.717) is 0 Å². The fourth-order valence-corrected chi connectivity index (χ4v) is 3.77. The molecule has 2 rings (SSSR count). The van der Waals surface area contributed by atoms with Crippen LogP contribution in [0.4, 0.5) is 9.52 Å². The minimum absolute atomic E-state index is 0.0280. The summed E-state index contributed by atoms with van der Waals surface area (Å²) in [6, 6.07) is 3.20. The molecule has 1 aromatic carbocycles. The number of aromatic nitrogens is 1. The summed E-state index contributed by atoms with van der Waals surface area (Å²) in [5, 5.41) is 1.91. The first-order valence-electron chi connectivity index (χ1n) is 4.76. The van der Waals surface area contributed by atoms with Gasteiger partial charge in [0, 0.05) is 18.6 Å². The van der Waals surface area contributed by atoms with Crippen LogP contribution >= 0.6 is 22.9 Å². The topological polar surface area (TPSA) is 50.3 Å². The first-order valence-corrected chi connectivity index (χ1v) is 7.46. The lowest BCUT2D eigenvalue weighted by Crippen LogP contribution is -2.26. The molecule has 0 atom stereocenters. The monoisotopic (exact) mass is 306 g/mol. The maximum atomic E-state index is 13.1. The summed E-state index contributed by atoms with van der Waals surface area (Å²) in [6.07, 6.45) is 1.49. The molecule has 0 saturated carbocycles. The third-order valence-corrected chi connectivity index (χ3v) is 5.41. The minimum Gasteiger partial charge on any atom is -0.244 e. The highest BCUT2D eigenvalue weighted by atomic mass is 35.5. The Kier molecular flexibility index (Phi) is 3.56. The van der Waals surface area contributed by atoms with Crippen LogP contribution in [-0.2, 0) is 10.0 Å². The van der Waals surface area contributed by atoms with E-state index in [1.54, 1.807) is 5.38 Å². The Morgan fingerprint density at radius 1 is 1.44 bits per heavy atom. The van der Waals surface area contributed by atoms with Crippen LogP contribution in [0.5, 0.6) is 0 Å². The molecule has 0 aliphatic carbocycles. The van der Waals surface area contributed by atoms with Crippen LogP contribution < -0.4 is 4.31 Å². The molecular formula is C10H8ClFN2O2S2. The first kappa shape index (κ1) is 13.3. The van der Waals surface area contributed by atoms with Crippen molar-refractivity contribution in [2.45, 2.75) is 4.90 Å². The third kappa shape index (κ3) is 2.33. The summed E-state index contributed by atoms with van der Waals surface area (Å²) in [6.45, 7) is 0. The number of anilines is 1. The van der Waals surface area contributed by atoms with E-state index in [9.17, 15) is 12.8 Å². The Labute approximate surface area is 113 Å². The van der Waals surface area contributed by atoms with E-state index >= 15 is 0 Å². The van der Waals surface area contributed by atoms with Crippen molar-refractivity contribution in [3.63, 3.8) is 0 Å².